The molecular formula is C35H22N4O6S. The number of carbonyl (C=O) groups excluding carboxylic acids is 4. The van der Waals surface area contributed by atoms with Gasteiger partial charge in [-0.15, -0.1) is 0 Å². The standard InChI is InChI=1S/C35H22N4O6S/c1-18-10-12-19(13-11-18)46(44,45)39-15-14-22-31(39)35(43)30-28(32(22)40)27(33(41)23-16-36-25-8-4-2-6-20(23)25)29(38-30)34(42)24-17-37-26-9-5-3-7-21(24)26/h2-17,36-38H,1H3. The van der Waals surface area contributed by atoms with Gasteiger partial charge in [-0.3, -0.25) is 19.2 Å². The smallest absolute Gasteiger partial charge is 0.268 e. The van der Waals surface area contributed by atoms with E-state index in [0.29, 0.717) is 21.8 Å². The van der Waals surface area contributed by atoms with E-state index in [1.54, 1.807) is 60.7 Å². The number of aromatic amines is 3. The molecule has 0 fully saturated rings. The molecule has 0 aliphatic heterocycles. The molecule has 46 heavy (non-hydrogen) atoms. The van der Waals surface area contributed by atoms with Gasteiger partial charge in [-0.1, -0.05) is 54.1 Å². The Balaban J connectivity index is 1.35. The van der Waals surface area contributed by atoms with Crippen molar-refractivity contribution in [1.82, 2.24) is 18.9 Å². The molecule has 7 aromatic rings. The summed E-state index contributed by atoms with van der Waals surface area (Å²) in [6.07, 6.45) is 4.16. The Morgan fingerprint density at radius 1 is 0.717 bits per heavy atom. The third-order valence-corrected chi connectivity index (χ3v) is 10.2. The molecule has 4 heterocycles. The summed E-state index contributed by atoms with van der Waals surface area (Å²) in [4.78, 5) is 65.8. The van der Waals surface area contributed by atoms with Crippen molar-refractivity contribution in [2.24, 2.45) is 0 Å². The molecular weight excluding hydrogens is 604 g/mol. The fourth-order valence-corrected chi connectivity index (χ4v) is 7.53. The number of para-hydroxylation sites is 2. The average Bonchev–Trinajstić information content (AvgIpc) is 3.86. The first-order valence-electron chi connectivity index (χ1n) is 14.3. The van der Waals surface area contributed by atoms with E-state index in [1.807, 2.05) is 6.92 Å². The SMILES string of the molecule is Cc1ccc(S(=O)(=O)n2ccc3c2C(=O)c2[nH]c(C(=O)c4c[nH]c5ccccc45)c(C(=O)c4c[nH]c5ccccc45)c2C3=O)cc1. The van der Waals surface area contributed by atoms with Gasteiger partial charge in [-0.25, -0.2) is 12.4 Å². The zero-order valence-corrected chi connectivity index (χ0v) is 24.9. The van der Waals surface area contributed by atoms with E-state index in [4.69, 9.17) is 0 Å². The fourth-order valence-electron chi connectivity index (χ4n) is 6.18. The minimum absolute atomic E-state index is 0.0700. The molecule has 0 amide bonds. The van der Waals surface area contributed by atoms with E-state index in [2.05, 4.69) is 15.0 Å². The number of hydrogen-bond donors (Lipinski definition) is 3. The maximum atomic E-state index is 14.4. The molecule has 224 valence electrons. The van der Waals surface area contributed by atoms with Crippen molar-refractivity contribution in [3.8, 4) is 0 Å². The van der Waals surface area contributed by atoms with E-state index in [-0.39, 0.29) is 49.8 Å². The number of fused-ring (bicyclic) bond motifs is 4. The van der Waals surface area contributed by atoms with E-state index in [9.17, 15) is 27.6 Å². The molecule has 1 aliphatic rings. The van der Waals surface area contributed by atoms with E-state index in [0.717, 1.165) is 15.7 Å². The van der Waals surface area contributed by atoms with E-state index < -0.39 is 33.2 Å². The van der Waals surface area contributed by atoms with Crippen LogP contribution in [0.4, 0.5) is 0 Å². The summed E-state index contributed by atoms with van der Waals surface area (Å²) in [6.45, 7) is 1.81. The maximum absolute atomic E-state index is 14.4. The number of benzene rings is 3. The Morgan fingerprint density at radius 3 is 1.93 bits per heavy atom. The molecule has 3 N–H and O–H groups in total. The van der Waals surface area contributed by atoms with Crippen LogP contribution in [0.2, 0.25) is 0 Å². The van der Waals surface area contributed by atoms with Crippen molar-refractivity contribution in [3.63, 3.8) is 0 Å². The van der Waals surface area contributed by atoms with Crippen molar-refractivity contribution in [1.29, 1.82) is 0 Å². The van der Waals surface area contributed by atoms with Gasteiger partial charge in [0.25, 0.3) is 10.0 Å². The zero-order chi connectivity index (χ0) is 31.9. The highest BCUT2D eigenvalue weighted by Gasteiger charge is 2.43. The number of H-pyrrole nitrogens is 3. The van der Waals surface area contributed by atoms with Crippen LogP contribution in [0, 0.1) is 6.92 Å². The molecule has 11 heteroatoms. The second kappa shape index (κ2) is 9.71. The molecule has 4 aromatic heterocycles. The van der Waals surface area contributed by atoms with Crippen LogP contribution in [0.5, 0.6) is 0 Å². The molecule has 0 radical (unpaired) electrons. The molecule has 0 atom stereocenters. The molecule has 0 saturated carbocycles. The first-order valence-corrected chi connectivity index (χ1v) is 15.7. The molecule has 0 bridgehead atoms. The number of aryl methyl sites for hydroxylation is 1. The maximum Gasteiger partial charge on any atom is 0.268 e. The topological polar surface area (TPSA) is 155 Å². The number of ketones is 4. The number of nitrogens with one attached hydrogen (secondary N) is 3. The second-order valence-electron chi connectivity index (χ2n) is 11.1. The first kappa shape index (κ1) is 27.5. The summed E-state index contributed by atoms with van der Waals surface area (Å²) in [5.41, 5.74) is 0.951. The number of aromatic nitrogens is 4. The van der Waals surface area contributed by atoms with Crippen LogP contribution in [0.15, 0.2) is 102 Å². The molecule has 3 aromatic carbocycles. The molecule has 8 rings (SSSR count). The van der Waals surface area contributed by atoms with Gasteiger partial charge < -0.3 is 15.0 Å². The molecule has 0 unspecified atom stereocenters. The van der Waals surface area contributed by atoms with E-state index >= 15 is 0 Å². The Labute approximate surface area is 260 Å². The summed E-state index contributed by atoms with van der Waals surface area (Å²) in [5, 5.41) is 1.15. The lowest BCUT2D eigenvalue weighted by molar-refractivity contribution is 0.0968. The predicted molar refractivity (Wildman–Crippen MR) is 169 cm³/mol. The van der Waals surface area contributed by atoms with Crippen molar-refractivity contribution in [2.75, 3.05) is 0 Å². The first-order chi connectivity index (χ1) is 22.2. The summed E-state index contributed by atoms with van der Waals surface area (Å²) in [6, 6.07) is 21.5. The summed E-state index contributed by atoms with van der Waals surface area (Å²) in [5.74, 6) is -2.85. The minimum atomic E-state index is -4.28. The largest absolute Gasteiger partial charge is 0.360 e. The van der Waals surface area contributed by atoms with Gasteiger partial charge in [-0.05, 0) is 37.3 Å². The number of nitrogens with zero attached hydrogens (tertiary/aromatic N) is 1. The van der Waals surface area contributed by atoms with Crippen molar-refractivity contribution >= 4 is 55.0 Å². The second-order valence-corrected chi connectivity index (χ2v) is 12.9. The monoisotopic (exact) mass is 626 g/mol. The van der Waals surface area contributed by atoms with Crippen molar-refractivity contribution in [3.05, 3.63) is 148 Å². The van der Waals surface area contributed by atoms with Gasteiger partial charge in [0, 0.05) is 51.5 Å². The highest BCUT2D eigenvalue weighted by atomic mass is 32.2. The zero-order valence-electron chi connectivity index (χ0n) is 24.0. The van der Waals surface area contributed by atoms with E-state index in [1.165, 1.54) is 30.6 Å². The van der Waals surface area contributed by atoms with Crippen LogP contribution in [-0.4, -0.2) is 50.5 Å². The lowest BCUT2D eigenvalue weighted by Crippen LogP contribution is -2.26. The van der Waals surface area contributed by atoms with Gasteiger partial charge in [0.05, 0.1) is 27.3 Å². The quantitative estimate of drug-likeness (QED) is 0.205. The van der Waals surface area contributed by atoms with Gasteiger partial charge in [0.1, 0.15) is 11.4 Å². The number of hydrogen-bond acceptors (Lipinski definition) is 6. The van der Waals surface area contributed by atoms with Crippen molar-refractivity contribution in [2.45, 2.75) is 11.8 Å². The Hall–Kier alpha value is -6.07. The fraction of sp³-hybridized carbons (Fsp3) is 0.0286. The highest BCUT2D eigenvalue weighted by Crippen LogP contribution is 2.36. The van der Waals surface area contributed by atoms with Gasteiger partial charge in [-0.2, -0.15) is 0 Å². The summed E-state index contributed by atoms with van der Waals surface area (Å²) in [7, 11) is -4.28. The Kier molecular flexibility index (Phi) is 5.80. The molecule has 0 spiro atoms. The number of carbonyl (C=O) groups is 4. The summed E-state index contributed by atoms with van der Waals surface area (Å²) < 4.78 is 28.1. The Morgan fingerprint density at radius 2 is 1.30 bits per heavy atom. The number of rotatable bonds is 6. The van der Waals surface area contributed by atoms with Crippen LogP contribution in [0.3, 0.4) is 0 Å². The van der Waals surface area contributed by atoms with Crippen LogP contribution in [0.25, 0.3) is 21.8 Å². The molecule has 10 nitrogen and oxygen atoms in total. The lowest BCUT2D eigenvalue weighted by Gasteiger charge is -2.16. The molecule has 1 aliphatic carbocycles. The molecule has 0 saturated heterocycles. The van der Waals surface area contributed by atoms with Crippen molar-refractivity contribution < 1.29 is 27.6 Å². The average molecular weight is 627 g/mol. The Bertz CT molecular complexity index is 2580. The van der Waals surface area contributed by atoms with Crippen LogP contribution in [0.1, 0.15) is 69.6 Å². The van der Waals surface area contributed by atoms with Gasteiger partial charge >= 0.3 is 0 Å². The van der Waals surface area contributed by atoms with Gasteiger partial charge in [0.15, 0.2) is 11.6 Å². The minimum Gasteiger partial charge on any atom is -0.360 e. The normalized spacial score (nSPS) is 12.9. The lowest BCUT2D eigenvalue weighted by atomic mass is 9.87. The van der Waals surface area contributed by atoms with Crippen LogP contribution < -0.4 is 0 Å². The van der Waals surface area contributed by atoms with Crippen LogP contribution >= 0.6 is 0 Å². The summed E-state index contributed by atoms with van der Waals surface area (Å²) >= 11 is 0. The highest BCUT2D eigenvalue weighted by molar-refractivity contribution is 7.90. The van der Waals surface area contributed by atoms with Gasteiger partial charge in [0.2, 0.25) is 11.6 Å². The third-order valence-electron chi connectivity index (χ3n) is 8.47. The predicted octanol–water partition coefficient (Wildman–Crippen LogP) is 5.56. The third kappa shape index (κ3) is 3.78. The van der Waals surface area contributed by atoms with Crippen LogP contribution in [-0.2, 0) is 10.0 Å².